The first kappa shape index (κ1) is 14.5. The number of nitrogens with zero attached hydrogens (tertiary/aromatic N) is 2. The second-order valence-electron chi connectivity index (χ2n) is 5.47. The van der Waals surface area contributed by atoms with Crippen LogP contribution in [0, 0.1) is 0 Å². The Balaban J connectivity index is 1.82. The van der Waals surface area contributed by atoms with Gasteiger partial charge in [0.25, 0.3) is 10.0 Å². The highest BCUT2D eigenvalue weighted by Crippen LogP contribution is 2.28. The highest BCUT2D eigenvalue weighted by molar-refractivity contribution is 7.91. The van der Waals surface area contributed by atoms with Crippen molar-refractivity contribution in [2.75, 3.05) is 26.2 Å². The summed E-state index contributed by atoms with van der Waals surface area (Å²) in [6, 6.07) is 3.91. The Labute approximate surface area is 124 Å². The van der Waals surface area contributed by atoms with Crippen molar-refractivity contribution in [3.05, 3.63) is 17.0 Å². The molecule has 20 heavy (non-hydrogen) atoms. The zero-order valence-electron chi connectivity index (χ0n) is 11.5. The van der Waals surface area contributed by atoms with Crippen LogP contribution in [0.3, 0.4) is 0 Å². The van der Waals surface area contributed by atoms with E-state index in [9.17, 15) is 8.42 Å². The Kier molecular flexibility index (Phi) is 4.14. The van der Waals surface area contributed by atoms with E-state index in [0.29, 0.717) is 29.9 Å². The fourth-order valence-corrected chi connectivity index (χ4v) is 6.03. The van der Waals surface area contributed by atoms with Crippen molar-refractivity contribution in [3.63, 3.8) is 0 Å². The first-order valence-corrected chi connectivity index (χ1v) is 9.40. The van der Waals surface area contributed by atoms with Gasteiger partial charge in [-0.05, 0) is 44.5 Å². The number of rotatable bonds is 3. The Morgan fingerprint density at radius 3 is 2.80 bits per heavy atom. The zero-order chi connectivity index (χ0) is 14.2. The van der Waals surface area contributed by atoms with E-state index in [1.54, 1.807) is 10.4 Å². The van der Waals surface area contributed by atoms with Crippen molar-refractivity contribution in [2.45, 2.75) is 36.1 Å². The summed E-state index contributed by atoms with van der Waals surface area (Å²) >= 11 is 1.30. The molecular weight excluding hydrogens is 294 g/mol. The number of nitrogens with two attached hydrogens (primary N) is 1. The fraction of sp³-hybridized carbons (Fsp3) is 0.692. The molecule has 0 aliphatic carbocycles. The van der Waals surface area contributed by atoms with Crippen molar-refractivity contribution in [2.24, 2.45) is 5.73 Å². The summed E-state index contributed by atoms with van der Waals surface area (Å²) < 4.78 is 27.6. The van der Waals surface area contributed by atoms with E-state index in [0.717, 1.165) is 30.8 Å². The molecule has 1 atom stereocenters. The molecule has 0 bridgehead atoms. The van der Waals surface area contributed by atoms with E-state index >= 15 is 0 Å². The highest BCUT2D eigenvalue weighted by Gasteiger charge is 2.34. The second-order valence-corrected chi connectivity index (χ2v) is 8.81. The maximum absolute atomic E-state index is 12.7. The summed E-state index contributed by atoms with van der Waals surface area (Å²) in [7, 11) is -3.34. The van der Waals surface area contributed by atoms with Gasteiger partial charge in [-0.25, -0.2) is 8.42 Å². The van der Waals surface area contributed by atoms with Crippen molar-refractivity contribution < 1.29 is 8.42 Å². The monoisotopic (exact) mass is 315 g/mol. The van der Waals surface area contributed by atoms with Gasteiger partial charge in [-0.15, -0.1) is 11.3 Å². The van der Waals surface area contributed by atoms with Gasteiger partial charge in [0.1, 0.15) is 4.21 Å². The van der Waals surface area contributed by atoms with Crippen LogP contribution in [0.2, 0.25) is 0 Å². The average Bonchev–Trinajstić information content (AvgIpc) is 3.04. The molecule has 5 nitrogen and oxygen atoms in total. The molecule has 2 aliphatic rings. The molecule has 0 amide bonds. The van der Waals surface area contributed by atoms with Gasteiger partial charge < -0.3 is 5.73 Å². The lowest BCUT2D eigenvalue weighted by atomic mass is 10.2. The van der Waals surface area contributed by atoms with E-state index in [4.69, 9.17) is 5.73 Å². The molecule has 112 valence electrons. The van der Waals surface area contributed by atoms with Gasteiger partial charge in [-0.3, -0.25) is 4.90 Å². The Bertz CT molecular complexity index is 570. The van der Waals surface area contributed by atoms with Crippen molar-refractivity contribution in [1.29, 1.82) is 0 Å². The number of hydrogen-bond acceptors (Lipinski definition) is 5. The molecule has 2 saturated heterocycles. The van der Waals surface area contributed by atoms with Crippen LogP contribution >= 0.6 is 11.3 Å². The lowest BCUT2D eigenvalue weighted by Crippen LogP contribution is -2.39. The Morgan fingerprint density at radius 1 is 1.25 bits per heavy atom. The topological polar surface area (TPSA) is 66.6 Å². The van der Waals surface area contributed by atoms with Gasteiger partial charge in [0, 0.05) is 30.6 Å². The van der Waals surface area contributed by atoms with Crippen molar-refractivity contribution in [1.82, 2.24) is 9.21 Å². The third-order valence-corrected chi connectivity index (χ3v) is 7.64. The lowest BCUT2D eigenvalue weighted by molar-refractivity contribution is 0.257. The predicted molar refractivity (Wildman–Crippen MR) is 80.2 cm³/mol. The predicted octanol–water partition coefficient (Wildman–Crippen LogP) is 1.07. The van der Waals surface area contributed by atoms with Crippen LogP contribution in [0.4, 0.5) is 0 Å². The summed E-state index contributed by atoms with van der Waals surface area (Å²) in [5.74, 6) is 0. The molecule has 7 heteroatoms. The number of thiophene rings is 1. The van der Waals surface area contributed by atoms with Gasteiger partial charge in [0.2, 0.25) is 0 Å². The minimum Gasteiger partial charge on any atom is -0.326 e. The molecule has 1 unspecified atom stereocenters. The van der Waals surface area contributed by atoms with Crippen LogP contribution in [0.1, 0.15) is 24.1 Å². The van der Waals surface area contributed by atoms with Crippen molar-refractivity contribution >= 4 is 21.4 Å². The van der Waals surface area contributed by atoms with Crippen LogP contribution in [-0.2, 0) is 16.6 Å². The minimum absolute atomic E-state index is 0.399. The van der Waals surface area contributed by atoms with Gasteiger partial charge in [0.05, 0.1) is 0 Å². The molecule has 0 aromatic carbocycles. The molecule has 3 heterocycles. The van der Waals surface area contributed by atoms with Gasteiger partial charge in [-0.2, -0.15) is 4.31 Å². The number of sulfonamides is 1. The van der Waals surface area contributed by atoms with E-state index in [2.05, 4.69) is 4.90 Å². The molecule has 2 N–H and O–H groups in total. The third-order valence-electron chi connectivity index (χ3n) is 4.20. The average molecular weight is 315 g/mol. The quantitative estimate of drug-likeness (QED) is 0.906. The molecule has 0 radical (unpaired) electrons. The summed E-state index contributed by atoms with van der Waals surface area (Å²) in [6.07, 6.45) is 3.23. The van der Waals surface area contributed by atoms with Crippen molar-refractivity contribution in [3.8, 4) is 0 Å². The molecule has 3 rings (SSSR count). The van der Waals surface area contributed by atoms with E-state index in [1.807, 2.05) is 6.07 Å². The fourth-order valence-electron chi connectivity index (χ4n) is 3.12. The lowest BCUT2D eigenvalue weighted by Gasteiger charge is -2.24. The summed E-state index contributed by atoms with van der Waals surface area (Å²) in [4.78, 5) is 3.36. The number of fused-ring (bicyclic) bond motifs is 1. The molecule has 2 aliphatic heterocycles. The third kappa shape index (κ3) is 2.65. The molecule has 0 spiro atoms. The molecule has 0 saturated carbocycles. The summed E-state index contributed by atoms with van der Waals surface area (Å²) in [6.45, 7) is 3.81. The van der Waals surface area contributed by atoms with Crippen LogP contribution < -0.4 is 5.73 Å². The Hall–Kier alpha value is -0.470. The van der Waals surface area contributed by atoms with Crippen LogP contribution in [0.25, 0.3) is 0 Å². The normalized spacial score (nSPS) is 25.6. The first-order valence-electron chi connectivity index (χ1n) is 7.14. The maximum Gasteiger partial charge on any atom is 0.252 e. The zero-order valence-corrected chi connectivity index (χ0v) is 13.1. The highest BCUT2D eigenvalue weighted by atomic mass is 32.2. The van der Waals surface area contributed by atoms with Gasteiger partial charge >= 0.3 is 0 Å². The van der Waals surface area contributed by atoms with Crippen LogP contribution in [0.15, 0.2) is 16.3 Å². The minimum atomic E-state index is -3.34. The van der Waals surface area contributed by atoms with Gasteiger partial charge in [0.15, 0.2) is 0 Å². The summed E-state index contributed by atoms with van der Waals surface area (Å²) in [5, 5.41) is 0. The molecule has 2 fully saturated rings. The second kappa shape index (κ2) is 5.73. The summed E-state index contributed by atoms with van der Waals surface area (Å²) in [5.41, 5.74) is 5.58. The molecular formula is C13H21N3O2S2. The SMILES string of the molecule is NCc1ccc(S(=O)(=O)N2CCCN3CCCC3C2)s1. The standard InChI is InChI=1S/C13H21N3O2S2/c14-9-12-4-5-13(19-12)20(17,18)16-8-2-7-15-6-1-3-11(15)10-16/h4-5,11H,1-3,6-10,14H2. The molecule has 1 aromatic rings. The van der Waals surface area contributed by atoms with E-state index < -0.39 is 10.0 Å². The maximum atomic E-state index is 12.7. The van der Waals surface area contributed by atoms with E-state index in [-0.39, 0.29) is 0 Å². The van der Waals surface area contributed by atoms with Gasteiger partial charge in [-0.1, -0.05) is 0 Å². The van der Waals surface area contributed by atoms with Crippen LogP contribution in [0.5, 0.6) is 0 Å². The largest absolute Gasteiger partial charge is 0.326 e. The Morgan fingerprint density at radius 2 is 2.05 bits per heavy atom. The molecule has 1 aromatic heterocycles. The first-order chi connectivity index (χ1) is 9.61. The van der Waals surface area contributed by atoms with E-state index in [1.165, 1.54) is 17.8 Å². The smallest absolute Gasteiger partial charge is 0.252 e. The van der Waals surface area contributed by atoms with Crippen LogP contribution in [-0.4, -0.2) is 49.8 Å². The number of hydrogen-bond donors (Lipinski definition) is 1.